The third kappa shape index (κ3) is 3.98. The summed E-state index contributed by atoms with van der Waals surface area (Å²) in [6, 6.07) is 8.60. The maximum atomic E-state index is 12.1. The molecular weight excluding hydrogens is 348 g/mol. The van der Waals surface area contributed by atoms with Crippen LogP contribution in [-0.4, -0.2) is 11.8 Å². The van der Waals surface area contributed by atoms with Crippen LogP contribution in [0, 0.1) is 12.8 Å². The zero-order chi connectivity index (χ0) is 16.3. The van der Waals surface area contributed by atoms with E-state index in [1.807, 2.05) is 26.8 Å². The maximum absolute atomic E-state index is 12.1. The van der Waals surface area contributed by atoms with Crippen molar-refractivity contribution in [2.24, 2.45) is 5.92 Å². The molecule has 0 radical (unpaired) electrons. The fourth-order valence-corrected chi connectivity index (χ4v) is 2.05. The molecule has 5 nitrogen and oxygen atoms in total. The number of carbonyl (C=O) groups excluding carboxylic acids is 2. The standard InChI is InChI=1S/C16H17BrN2O3/c1-9(2)15(20)18-11-5-4-10(3)12(8-11)19-16(21)13-6-7-14(17)22-13/h4-9H,1-3H3,(H,18,20)(H,19,21). The first kappa shape index (κ1) is 16.3. The van der Waals surface area contributed by atoms with E-state index < -0.39 is 0 Å². The summed E-state index contributed by atoms with van der Waals surface area (Å²) < 4.78 is 5.71. The predicted molar refractivity (Wildman–Crippen MR) is 89.0 cm³/mol. The number of hydrogen-bond donors (Lipinski definition) is 2. The number of furan rings is 1. The van der Waals surface area contributed by atoms with Gasteiger partial charge in [-0.2, -0.15) is 0 Å². The van der Waals surface area contributed by atoms with Crippen LogP contribution < -0.4 is 10.6 Å². The van der Waals surface area contributed by atoms with Gasteiger partial charge in [-0.1, -0.05) is 19.9 Å². The maximum Gasteiger partial charge on any atom is 0.291 e. The Morgan fingerprint density at radius 1 is 1.14 bits per heavy atom. The van der Waals surface area contributed by atoms with E-state index in [0.29, 0.717) is 16.0 Å². The summed E-state index contributed by atoms with van der Waals surface area (Å²) in [5.74, 6) is -0.320. The number of amides is 2. The number of nitrogens with one attached hydrogen (secondary N) is 2. The van der Waals surface area contributed by atoms with E-state index in [-0.39, 0.29) is 23.5 Å². The largest absolute Gasteiger partial charge is 0.444 e. The van der Waals surface area contributed by atoms with E-state index in [0.717, 1.165) is 5.56 Å². The predicted octanol–water partition coefficient (Wildman–Crippen LogP) is 4.20. The van der Waals surface area contributed by atoms with E-state index in [4.69, 9.17) is 4.42 Å². The lowest BCUT2D eigenvalue weighted by Crippen LogP contribution is -2.18. The molecule has 0 aliphatic rings. The number of aryl methyl sites for hydroxylation is 1. The molecule has 6 heteroatoms. The van der Waals surface area contributed by atoms with Gasteiger partial charge in [-0.25, -0.2) is 0 Å². The summed E-state index contributed by atoms with van der Waals surface area (Å²) in [5, 5.41) is 5.58. The van der Waals surface area contributed by atoms with Crippen molar-refractivity contribution in [2.75, 3.05) is 10.6 Å². The average molecular weight is 365 g/mol. The minimum atomic E-state index is -0.346. The molecule has 2 amide bonds. The van der Waals surface area contributed by atoms with Crippen molar-refractivity contribution >= 4 is 39.1 Å². The Kier molecular flexibility index (Phi) is 5.03. The first-order valence-electron chi connectivity index (χ1n) is 6.85. The summed E-state index contributed by atoms with van der Waals surface area (Å²) in [6.45, 7) is 5.52. The number of benzene rings is 1. The summed E-state index contributed by atoms with van der Waals surface area (Å²) in [5.41, 5.74) is 2.15. The van der Waals surface area contributed by atoms with Crippen LogP contribution in [0.1, 0.15) is 30.0 Å². The molecule has 0 unspecified atom stereocenters. The van der Waals surface area contributed by atoms with E-state index >= 15 is 0 Å². The average Bonchev–Trinajstić information content (AvgIpc) is 2.89. The van der Waals surface area contributed by atoms with E-state index in [1.165, 1.54) is 0 Å². The van der Waals surface area contributed by atoms with Gasteiger partial charge in [0.2, 0.25) is 5.91 Å². The molecule has 0 fully saturated rings. The Morgan fingerprint density at radius 2 is 1.86 bits per heavy atom. The van der Waals surface area contributed by atoms with Crippen molar-refractivity contribution in [2.45, 2.75) is 20.8 Å². The molecule has 22 heavy (non-hydrogen) atoms. The molecule has 0 aliphatic carbocycles. The van der Waals surface area contributed by atoms with Crippen LogP contribution in [0.4, 0.5) is 11.4 Å². The van der Waals surface area contributed by atoms with Gasteiger partial charge >= 0.3 is 0 Å². The number of halogens is 1. The zero-order valence-corrected chi connectivity index (χ0v) is 14.2. The van der Waals surface area contributed by atoms with Gasteiger partial charge in [0.25, 0.3) is 5.91 Å². The third-order valence-electron chi connectivity index (χ3n) is 3.07. The molecule has 1 aromatic carbocycles. The molecule has 1 heterocycles. The minimum absolute atomic E-state index is 0.0731. The van der Waals surface area contributed by atoms with Crippen molar-refractivity contribution in [1.82, 2.24) is 0 Å². The molecule has 0 spiro atoms. The highest BCUT2D eigenvalue weighted by molar-refractivity contribution is 9.10. The smallest absolute Gasteiger partial charge is 0.291 e. The van der Waals surface area contributed by atoms with Gasteiger partial charge < -0.3 is 15.1 Å². The van der Waals surface area contributed by atoms with Crippen LogP contribution in [0.5, 0.6) is 0 Å². The SMILES string of the molecule is Cc1ccc(NC(=O)C(C)C)cc1NC(=O)c1ccc(Br)o1. The van der Waals surface area contributed by atoms with E-state index in [2.05, 4.69) is 26.6 Å². The van der Waals surface area contributed by atoms with Gasteiger partial charge in [0.1, 0.15) is 0 Å². The van der Waals surface area contributed by atoms with Crippen LogP contribution in [0.15, 0.2) is 39.4 Å². The normalized spacial score (nSPS) is 10.6. The van der Waals surface area contributed by atoms with Crippen LogP contribution >= 0.6 is 15.9 Å². The van der Waals surface area contributed by atoms with E-state index in [9.17, 15) is 9.59 Å². The monoisotopic (exact) mass is 364 g/mol. The summed E-state index contributed by atoms with van der Waals surface area (Å²) in [7, 11) is 0. The molecule has 1 aromatic heterocycles. The third-order valence-corrected chi connectivity index (χ3v) is 3.50. The molecule has 0 saturated carbocycles. The van der Waals surface area contributed by atoms with Crippen molar-refractivity contribution in [1.29, 1.82) is 0 Å². The molecule has 0 bridgehead atoms. The fourth-order valence-electron chi connectivity index (χ4n) is 1.74. The highest BCUT2D eigenvalue weighted by Gasteiger charge is 2.13. The summed E-state index contributed by atoms with van der Waals surface area (Å²) in [6.07, 6.45) is 0. The highest BCUT2D eigenvalue weighted by atomic mass is 79.9. The van der Waals surface area contributed by atoms with Crippen LogP contribution in [0.2, 0.25) is 0 Å². The first-order chi connectivity index (χ1) is 10.4. The number of rotatable bonds is 4. The van der Waals surface area contributed by atoms with Crippen LogP contribution in [-0.2, 0) is 4.79 Å². The second-order valence-corrected chi connectivity index (χ2v) is 6.01. The second-order valence-electron chi connectivity index (χ2n) is 5.23. The van der Waals surface area contributed by atoms with Crippen LogP contribution in [0.3, 0.4) is 0 Å². The molecule has 0 atom stereocenters. The fraction of sp³-hybridized carbons (Fsp3) is 0.250. The van der Waals surface area contributed by atoms with Gasteiger partial charge in [0.15, 0.2) is 10.4 Å². The van der Waals surface area contributed by atoms with Gasteiger partial charge in [-0.3, -0.25) is 9.59 Å². The van der Waals surface area contributed by atoms with Crippen molar-refractivity contribution < 1.29 is 14.0 Å². The molecule has 0 saturated heterocycles. The van der Waals surface area contributed by atoms with E-state index in [1.54, 1.807) is 24.3 Å². The van der Waals surface area contributed by atoms with Crippen molar-refractivity contribution in [3.05, 3.63) is 46.3 Å². The molecule has 2 N–H and O–H groups in total. The second kappa shape index (κ2) is 6.79. The molecule has 116 valence electrons. The lowest BCUT2D eigenvalue weighted by atomic mass is 10.1. The molecule has 0 aliphatic heterocycles. The van der Waals surface area contributed by atoms with Gasteiger partial charge in [-0.15, -0.1) is 0 Å². The van der Waals surface area contributed by atoms with Crippen molar-refractivity contribution in [3.63, 3.8) is 0 Å². The summed E-state index contributed by atoms with van der Waals surface area (Å²) in [4.78, 5) is 23.8. The Bertz CT molecular complexity index is 707. The quantitative estimate of drug-likeness (QED) is 0.853. The first-order valence-corrected chi connectivity index (χ1v) is 7.64. The van der Waals surface area contributed by atoms with Gasteiger partial charge in [0.05, 0.1) is 0 Å². The molecule has 2 aromatic rings. The lowest BCUT2D eigenvalue weighted by molar-refractivity contribution is -0.118. The molecule has 2 rings (SSSR count). The van der Waals surface area contributed by atoms with Crippen LogP contribution in [0.25, 0.3) is 0 Å². The summed E-state index contributed by atoms with van der Waals surface area (Å²) >= 11 is 3.16. The Hall–Kier alpha value is -2.08. The minimum Gasteiger partial charge on any atom is -0.444 e. The Morgan fingerprint density at radius 3 is 2.45 bits per heavy atom. The zero-order valence-electron chi connectivity index (χ0n) is 12.6. The Labute approximate surface area is 137 Å². The van der Waals surface area contributed by atoms with Gasteiger partial charge in [0, 0.05) is 17.3 Å². The highest BCUT2D eigenvalue weighted by Crippen LogP contribution is 2.22. The number of anilines is 2. The number of carbonyl (C=O) groups is 2. The lowest BCUT2D eigenvalue weighted by Gasteiger charge is -2.12. The van der Waals surface area contributed by atoms with Crippen molar-refractivity contribution in [3.8, 4) is 0 Å². The van der Waals surface area contributed by atoms with Gasteiger partial charge in [-0.05, 0) is 52.7 Å². The molecular formula is C16H17BrN2O3. The number of hydrogen-bond acceptors (Lipinski definition) is 3. The topological polar surface area (TPSA) is 71.3 Å². The Balaban J connectivity index is 2.16.